The minimum atomic E-state index is -0.265. The monoisotopic (exact) mass is 245 g/mol. The summed E-state index contributed by atoms with van der Waals surface area (Å²) < 4.78 is 5.38. The Morgan fingerprint density at radius 1 is 1.22 bits per heavy atom. The third-order valence-electron chi connectivity index (χ3n) is 3.03. The topological polar surface area (TPSA) is 51.0 Å². The van der Waals surface area contributed by atoms with Crippen LogP contribution in [0.15, 0.2) is 34.9 Å². The fourth-order valence-corrected chi connectivity index (χ4v) is 1.79. The lowest BCUT2D eigenvalue weighted by molar-refractivity contribution is 0.329. The first-order valence-electron chi connectivity index (χ1n) is 6.24. The summed E-state index contributed by atoms with van der Waals surface area (Å²) >= 11 is 0. The second-order valence-corrected chi connectivity index (χ2v) is 4.79. The van der Waals surface area contributed by atoms with Crippen LogP contribution in [-0.4, -0.2) is 16.7 Å². The Morgan fingerprint density at radius 3 is 2.61 bits per heavy atom. The Morgan fingerprint density at radius 2 is 1.94 bits per heavy atom. The van der Waals surface area contributed by atoms with Crippen molar-refractivity contribution >= 4 is 0 Å². The third kappa shape index (κ3) is 2.59. The molecule has 1 aromatic heterocycles. The van der Waals surface area contributed by atoms with Gasteiger partial charge in [-0.2, -0.15) is 4.98 Å². The Labute approximate surface area is 107 Å². The summed E-state index contributed by atoms with van der Waals surface area (Å²) in [6.07, 6.45) is 0. The molecule has 1 N–H and O–H groups in total. The van der Waals surface area contributed by atoms with Gasteiger partial charge in [0.05, 0.1) is 12.0 Å². The predicted octanol–water partition coefficient (Wildman–Crippen LogP) is 2.51. The van der Waals surface area contributed by atoms with Gasteiger partial charge in [0.1, 0.15) is 0 Å². The molecule has 0 amide bonds. The summed E-state index contributed by atoms with van der Waals surface area (Å²) in [7, 11) is 0. The molecule has 1 heterocycles. The van der Waals surface area contributed by atoms with Gasteiger partial charge in [-0.1, -0.05) is 42.4 Å². The van der Waals surface area contributed by atoms with E-state index in [0.29, 0.717) is 18.3 Å². The summed E-state index contributed by atoms with van der Waals surface area (Å²) in [6, 6.07) is 10.2. The van der Waals surface area contributed by atoms with Gasteiger partial charge in [-0.25, -0.2) is 0 Å². The Hall–Kier alpha value is -1.68. The van der Waals surface area contributed by atoms with Crippen molar-refractivity contribution in [1.82, 2.24) is 15.5 Å². The van der Waals surface area contributed by atoms with Gasteiger partial charge >= 0.3 is 0 Å². The molecule has 2 rings (SSSR count). The minimum absolute atomic E-state index is 0.265. The largest absolute Gasteiger partial charge is 0.338 e. The van der Waals surface area contributed by atoms with Crippen molar-refractivity contribution < 1.29 is 4.52 Å². The lowest BCUT2D eigenvalue weighted by atomic mass is 9.84. The quantitative estimate of drug-likeness (QED) is 0.879. The summed E-state index contributed by atoms with van der Waals surface area (Å²) in [5, 5.41) is 7.18. The van der Waals surface area contributed by atoms with E-state index in [1.54, 1.807) is 0 Å². The van der Waals surface area contributed by atoms with E-state index < -0.39 is 0 Å². The van der Waals surface area contributed by atoms with Gasteiger partial charge in [0, 0.05) is 0 Å². The van der Waals surface area contributed by atoms with Gasteiger partial charge in [0.2, 0.25) is 5.89 Å². The molecule has 0 saturated heterocycles. The first-order valence-corrected chi connectivity index (χ1v) is 6.24. The number of hydrogen-bond acceptors (Lipinski definition) is 4. The Kier molecular flexibility index (Phi) is 3.77. The van der Waals surface area contributed by atoms with Crippen LogP contribution in [0.5, 0.6) is 0 Å². The molecule has 0 spiro atoms. The first-order chi connectivity index (χ1) is 8.64. The number of nitrogens with one attached hydrogen (secondary N) is 1. The molecule has 0 aliphatic heterocycles. The molecule has 0 aliphatic carbocycles. The zero-order valence-electron chi connectivity index (χ0n) is 11.1. The van der Waals surface area contributed by atoms with Crippen molar-refractivity contribution in [2.24, 2.45) is 0 Å². The van der Waals surface area contributed by atoms with Crippen molar-refractivity contribution in [3.63, 3.8) is 0 Å². The molecule has 4 heteroatoms. The van der Waals surface area contributed by atoms with Crippen LogP contribution in [0.1, 0.15) is 38.0 Å². The molecule has 18 heavy (non-hydrogen) atoms. The molecule has 4 nitrogen and oxygen atoms in total. The van der Waals surface area contributed by atoms with Crippen LogP contribution in [0.2, 0.25) is 0 Å². The maximum atomic E-state index is 5.38. The second kappa shape index (κ2) is 5.31. The summed E-state index contributed by atoms with van der Waals surface area (Å²) in [5.41, 5.74) is 0.905. The Bertz CT molecular complexity index is 491. The maximum Gasteiger partial charge on any atom is 0.236 e. The molecule has 2 aromatic rings. The molecular weight excluding hydrogens is 226 g/mol. The van der Waals surface area contributed by atoms with Crippen LogP contribution in [-0.2, 0) is 12.0 Å². The number of rotatable bonds is 5. The van der Waals surface area contributed by atoms with Crippen LogP contribution >= 0.6 is 0 Å². The average Bonchev–Trinajstić information content (AvgIpc) is 2.87. The van der Waals surface area contributed by atoms with Crippen molar-refractivity contribution in [3.05, 3.63) is 47.6 Å². The van der Waals surface area contributed by atoms with Gasteiger partial charge in [-0.05, 0) is 26.0 Å². The van der Waals surface area contributed by atoms with E-state index in [-0.39, 0.29) is 5.41 Å². The predicted molar refractivity (Wildman–Crippen MR) is 70.2 cm³/mol. The fraction of sp³-hybridized carbons (Fsp3) is 0.429. The molecule has 1 aromatic carbocycles. The van der Waals surface area contributed by atoms with Crippen LogP contribution < -0.4 is 5.32 Å². The Balaban J connectivity index is 2.22. The molecule has 0 aliphatic rings. The van der Waals surface area contributed by atoms with Crippen LogP contribution in [0.3, 0.4) is 0 Å². The highest BCUT2D eigenvalue weighted by Gasteiger charge is 2.29. The van der Waals surface area contributed by atoms with Crippen molar-refractivity contribution in [3.8, 4) is 0 Å². The van der Waals surface area contributed by atoms with E-state index in [2.05, 4.69) is 48.4 Å². The number of hydrogen-bond donors (Lipinski definition) is 1. The van der Waals surface area contributed by atoms with Crippen molar-refractivity contribution in [1.29, 1.82) is 0 Å². The molecule has 0 bridgehead atoms. The molecule has 0 radical (unpaired) electrons. The molecular formula is C14H19N3O. The number of nitrogens with zero attached hydrogens (tertiary/aromatic N) is 2. The molecule has 0 atom stereocenters. The summed E-state index contributed by atoms with van der Waals surface area (Å²) in [5.74, 6) is 1.36. The second-order valence-electron chi connectivity index (χ2n) is 4.79. The normalized spacial score (nSPS) is 11.7. The lowest BCUT2D eigenvalue weighted by Gasteiger charge is -2.20. The van der Waals surface area contributed by atoms with Crippen LogP contribution in [0, 0.1) is 0 Å². The van der Waals surface area contributed by atoms with Crippen LogP contribution in [0.25, 0.3) is 0 Å². The van der Waals surface area contributed by atoms with Gasteiger partial charge in [0.15, 0.2) is 5.82 Å². The van der Waals surface area contributed by atoms with Crippen molar-refractivity contribution in [2.45, 2.75) is 32.7 Å². The number of aromatic nitrogens is 2. The van der Waals surface area contributed by atoms with Gasteiger partial charge in [-0.15, -0.1) is 0 Å². The highest BCUT2D eigenvalue weighted by Crippen LogP contribution is 2.29. The third-order valence-corrected chi connectivity index (χ3v) is 3.03. The van der Waals surface area contributed by atoms with E-state index in [1.807, 2.05) is 18.2 Å². The van der Waals surface area contributed by atoms with Gasteiger partial charge in [0.25, 0.3) is 0 Å². The highest BCUT2D eigenvalue weighted by atomic mass is 16.5. The molecule has 0 fully saturated rings. The first kappa shape index (κ1) is 12.8. The van der Waals surface area contributed by atoms with Crippen molar-refractivity contribution in [2.75, 3.05) is 6.54 Å². The fourth-order valence-electron chi connectivity index (χ4n) is 1.79. The maximum absolute atomic E-state index is 5.38. The zero-order valence-corrected chi connectivity index (χ0v) is 11.1. The molecule has 96 valence electrons. The molecule has 0 saturated carbocycles. The SMILES string of the molecule is CCNCc1noc(C(C)(C)c2ccccc2)n1. The van der Waals surface area contributed by atoms with E-state index in [1.165, 1.54) is 5.56 Å². The average molecular weight is 245 g/mol. The van der Waals surface area contributed by atoms with Gasteiger partial charge < -0.3 is 9.84 Å². The van der Waals surface area contributed by atoms with E-state index in [9.17, 15) is 0 Å². The lowest BCUT2D eigenvalue weighted by Crippen LogP contribution is -2.19. The van der Waals surface area contributed by atoms with E-state index >= 15 is 0 Å². The van der Waals surface area contributed by atoms with Gasteiger partial charge in [-0.3, -0.25) is 0 Å². The highest BCUT2D eigenvalue weighted by molar-refractivity contribution is 5.29. The smallest absolute Gasteiger partial charge is 0.236 e. The minimum Gasteiger partial charge on any atom is -0.338 e. The van der Waals surface area contributed by atoms with E-state index in [4.69, 9.17) is 4.52 Å². The van der Waals surface area contributed by atoms with Crippen LogP contribution in [0.4, 0.5) is 0 Å². The number of benzene rings is 1. The standard InChI is InChI=1S/C14H19N3O/c1-4-15-10-12-16-13(18-17-12)14(2,3)11-8-6-5-7-9-11/h5-9,15H,4,10H2,1-3H3. The summed E-state index contributed by atoms with van der Waals surface area (Å²) in [4.78, 5) is 4.46. The zero-order chi connectivity index (χ0) is 13.0. The summed E-state index contributed by atoms with van der Waals surface area (Å²) in [6.45, 7) is 7.77. The molecule has 0 unspecified atom stereocenters. The van der Waals surface area contributed by atoms with E-state index in [0.717, 1.165) is 6.54 Å².